The molecule has 1 fully saturated rings. The van der Waals surface area contributed by atoms with Gasteiger partial charge >= 0.3 is 6.18 Å². The van der Waals surface area contributed by atoms with E-state index in [0.717, 1.165) is 30.7 Å². The van der Waals surface area contributed by atoms with E-state index >= 15 is 0 Å². The van der Waals surface area contributed by atoms with Gasteiger partial charge in [-0.25, -0.2) is 0 Å². The van der Waals surface area contributed by atoms with Crippen molar-refractivity contribution < 1.29 is 17.9 Å². The number of halogens is 3. The summed E-state index contributed by atoms with van der Waals surface area (Å²) in [5.41, 5.74) is 2.94. The molecule has 1 aliphatic heterocycles. The van der Waals surface area contributed by atoms with Crippen molar-refractivity contribution in [3.63, 3.8) is 0 Å². The molecule has 1 aromatic rings. The van der Waals surface area contributed by atoms with E-state index in [1.54, 1.807) is 0 Å². The van der Waals surface area contributed by atoms with Gasteiger partial charge in [-0.3, -0.25) is 11.3 Å². The average molecular weight is 274 g/mol. The molecule has 0 radical (unpaired) electrons. The van der Waals surface area contributed by atoms with E-state index in [9.17, 15) is 13.2 Å². The first-order valence-electron chi connectivity index (χ1n) is 6.20. The minimum Gasteiger partial charge on any atom is -0.381 e. The Kier molecular flexibility index (Phi) is 4.44. The third-order valence-electron chi connectivity index (χ3n) is 3.48. The van der Waals surface area contributed by atoms with Crippen LogP contribution in [0.25, 0.3) is 0 Å². The zero-order chi connectivity index (χ0) is 13.9. The van der Waals surface area contributed by atoms with Crippen molar-refractivity contribution in [2.24, 2.45) is 11.8 Å². The molecule has 1 heterocycles. The smallest absolute Gasteiger partial charge is 0.381 e. The van der Waals surface area contributed by atoms with Gasteiger partial charge in [0, 0.05) is 18.6 Å². The fourth-order valence-corrected chi connectivity index (χ4v) is 2.32. The molecule has 2 atom stereocenters. The Balaban J connectivity index is 2.01. The molecule has 3 nitrogen and oxygen atoms in total. The highest BCUT2D eigenvalue weighted by Gasteiger charge is 2.30. The number of hydrogen-bond acceptors (Lipinski definition) is 3. The molecule has 19 heavy (non-hydrogen) atoms. The van der Waals surface area contributed by atoms with E-state index in [1.807, 2.05) is 0 Å². The van der Waals surface area contributed by atoms with Crippen molar-refractivity contribution in [3.05, 3.63) is 35.4 Å². The second kappa shape index (κ2) is 5.90. The van der Waals surface area contributed by atoms with Crippen molar-refractivity contribution in [2.45, 2.75) is 25.1 Å². The van der Waals surface area contributed by atoms with E-state index in [1.165, 1.54) is 12.1 Å². The second-order valence-corrected chi connectivity index (χ2v) is 4.80. The summed E-state index contributed by atoms with van der Waals surface area (Å²) < 4.78 is 42.6. The van der Waals surface area contributed by atoms with Crippen LogP contribution < -0.4 is 11.3 Å². The molecule has 1 aromatic carbocycles. The molecule has 0 aromatic heterocycles. The molecule has 0 amide bonds. The van der Waals surface area contributed by atoms with Crippen LogP contribution in [0.3, 0.4) is 0 Å². The van der Waals surface area contributed by atoms with Crippen LogP contribution in [0, 0.1) is 5.92 Å². The van der Waals surface area contributed by atoms with Gasteiger partial charge in [-0.1, -0.05) is 12.1 Å². The standard InChI is InChI=1S/C13H17F3N2O/c14-13(15,16)11-3-1-9(2-4-11)7-12(18-17)10-5-6-19-8-10/h1-4,10,12,18H,5-8,17H2. The third-order valence-corrected chi connectivity index (χ3v) is 3.48. The molecule has 0 aliphatic carbocycles. The van der Waals surface area contributed by atoms with Crippen LogP contribution in [0.5, 0.6) is 0 Å². The number of rotatable bonds is 4. The van der Waals surface area contributed by atoms with E-state index in [-0.39, 0.29) is 6.04 Å². The molecule has 6 heteroatoms. The lowest BCUT2D eigenvalue weighted by molar-refractivity contribution is -0.137. The molecule has 0 spiro atoms. The number of ether oxygens (including phenoxy) is 1. The molecular weight excluding hydrogens is 257 g/mol. The summed E-state index contributed by atoms with van der Waals surface area (Å²) in [4.78, 5) is 0. The average Bonchev–Trinajstić information content (AvgIpc) is 2.89. The van der Waals surface area contributed by atoms with Gasteiger partial charge < -0.3 is 4.74 Å². The molecule has 1 saturated heterocycles. The van der Waals surface area contributed by atoms with Gasteiger partial charge in [0.05, 0.1) is 12.2 Å². The summed E-state index contributed by atoms with van der Waals surface area (Å²) in [7, 11) is 0. The highest BCUT2D eigenvalue weighted by atomic mass is 19.4. The number of hydrogen-bond donors (Lipinski definition) is 2. The number of nitrogens with one attached hydrogen (secondary N) is 1. The van der Waals surface area contributed by atoms with Crippen molar-refractivity contribution >= 4 is 0 Å². The van der Waals surface area contributed by atoms with E-state index in [0.29, 0.717) is 18.9 Å². The van der Waals surface area contributed by atoms with Crippen LogP contribution >= 0.6 is 0 Å². The van der Waals surface area contributed by atoms with Crippen molar-refractivity contribution in [3.8, 4) is 0 Å². The lowest BCUT2D eigenvalue weighted by atomic mass is 9.93. The van der Waals surface area contributed by atoms with Crippen LogP contribution in [-0.4, -0.2) is 19.3 Å². The van der Waals surface area contributed by atoms with Gasteiger partial charge in [-0.05, 0) is 30.5 Å². The maximum atomic E-state index is 12.4. The Bertz CT molecular complexity index is 399. The second-order valence-electron chi connectivity index (χ2n) is 4.80. The third kappa shape index (κ3) is 3.68. The van der Waals surface area contributed by atoms with Crippen LogP contribution in [-0.2, 0) is 17.3 Å². The van der Waals surface area contributed by atoms with E-state index in [2.05, 4.69) is 5.43 Å². The minimum atomic E-state index is -4.29. The monoisotopic (exact) mass is 274 g/mol. The molecule has 0 saturated carbocycles. The van der Waals surface area contributed by atoms with Crippen molar-refractivity contribution in [1.82, 2.24) is 5.43 Å². The largest absolute Gasteiger partial charge is 0.416 e. The summed E-state index contributed by atoms with van der Waals surface area (Å²) in [6.07, 6.45) is -2.76. The SMILES string of the molecule is NNC(Cc1ccc(C(F)(F)F)cc1)C1CCOC1. The van der Waals surface area contributed by atoms with Gasteiger partial charge in [-0.2, -0.15) is 13.2 Å². The lowest BCUT2D eigenvalue weighted by Crippen LogP contribution is -2.42. The zero-order valence-electron chi connectivity index (χ0n) is 10.4. The van der Waals surface area contributed by atoms with E-state index in [4.69, 9.17) is 10.6 Å². The maximum absolute atomic E-state index is 12.4. The van der Waals surface area contributed by atoms with Gasteiger partial charge in [0.15, 0.2) is 0 Å². The Hall–Kier alpha value is -1.11. The van der Waals surface area contributed by atoms with Crippen molar-refractivity contribution in [2.75, 3.05) is 13.2 Å². The fourth-order valence-electron chi connectivity index (χ4n) is 2.32. The normalized spacial score (nSPS) is 21.6. The van der Waals surface area contributed by atoms with Gasteiger partial charge in [0.25, 0.3) is 0 Å². The summed E-state index contributed by atoms with van der Waals surface area (Å²) in [6, 6.07) is 5.24. The molecule has 0 bridgehead atoms. The zero-order valence-corrected chi connectivity index (χ0v) is 10.4. The number of nitrogens with two attached hydrogens (primary N) is 1. The van der Waals surface area contributed by atoms with Crippen molar-refractivity contribution in [1.29, 1.82) is 0 Å². The lowest BCUT2D eigenvalue weighted by Gasteiger charge is -2.21. The Labute approximate surface area is 109 Å². The van der Waals surface area contributed by atoms with E-state index < -0.39 is 11.7 Å². The summed E-state index contributed by atoms with van der Waals surface area (Å²) in [5.74, 6) is 5.83. The van der Waals surface area contributed by atoms with Gasteiger partial charge in [-0.15, -0.1) is 0 Å². The Morgan fingerprint density at radius 3 is 2.47 bits per heavy atom. The van der Waals surface area contributed by atoms with Crippen LogP contribution in [0.2, 0.25) is 0 Å². The molecule has 2 unspecified atom stereocenters. The van der Waals surface area contributed by atoms with Crippen LogP contribution in [0.1, 0.15) is 17.5 Å². The molecule has 3 N–H and O–H groups in total. The van der Waals surface area contributed by atoms with Crippen LogP contribution in [0.15, 0.2) is 24.3 Å². The molecule has 1 aliphatic rings. The number of benzene rings is 1. The minimum absolute atomic E-state index is 0.0271. The summed E-state index contributed by atoms with van der Waals surface area (Å²) >= 11 is 0. The molecule has 106 valence electrons. The highest BCUT2D eigenvalue weighted by Crippen LogP contribution is 2.29. The van der Waals surface area contributed by atoms with Gasteiger partial charge in [0.2, 0.25) is 0 Å². The van der Waals surface area contributed by atoms with Gasteiger partial charge in [0.1, 0.15) is 0 Å². The quantitative estimate of drug-likeness (QED) is 0.653. The highest BCUT2D eigenvalue weighted by molar-refractivity contribution is 5.25. The number of hydrazine groups is 1. The number of alkyl halides is 3. The maximum Gasteiger partial charge on any atom is 0.416 e. The molecular formula is C13H17F3N2O. The predicted octanol–water partition coefficient (Wildman–Crippen LogP) is 2.12. The first kappa shape index (κ1) is 14.3. The summed E-state index contributed by atoms with van der Waals surface area (Å²) in [6.45, 7) is 1.37. The first-order chi connectivity index (χ1) is 9.00. The fraction of sp³-hybridized carbons (Fsp3) is 0.538. The molecule has 2 rings (SSSR count). The topological polar surface area (TPSA) is 47.3 Å². The van der Waals surface area contributed by atoms with Crippen LogP contribution in [0.4, 0.5) is 13.2 Å². The first-order valence-corrected chi connectivity index (χ1v) is 6.20. The Morgan fingerprint density at radius 1 is 1.32 bits per heavy atom. The summed E-state index contributed by atoms with van der Waals surface area (Å²) in [5, 5.41) is 0. The predicted molar refractivity (Wildman–Crippen MR) is 65.2 cm³/mol. The Morgan fingerprint density at radius 2 is 2.00 bits per heavy atom.